The first kappa shape index (κ1) is 18.8. The number of benzene rings is 1. The second-order valence-corrected chi connectivity index (χ2v) is 6.24. The zero-order valence-electron chi connectivity index (χ0n) is 13.5. The highest BCUT2D eigenvalue weighted by Crippen LogP contribution is 2.33. The summed E-state index contributed by atoms with van der Waals surface area (Å²) in [7, 11) is 1.59. The minimum atomic E-state index is -0.846. The molecule has 0 saturated carbocycles. The summed E-state index contributed by atoms with van der Waals surface area (Å²) in [5.41, 5.74) is 0.924. The fourth-order valence-electron chi connectivity index (χ4n) is 2.03. The summed E-state index contributed by atoms with van der Waals surface area (Å²) in [5, 5.41) is 12.3. The van der Waals surface area contributed by atoms with E-state index in [0.717, 1.165) is 16.5 Å². The average molecular weight is 374 g/mol. The van der Waals surface area contributed by atoms with Crippen LogP contribution in [-0.4, -0.2) is 30.8 Å². The number of carboxylic acid groups (broad SMARTS) is 1. The number of nitrogens with one attached hydrogen (secondary N) is 1. The molecule has 0 heterocycles. The maximum absolute atomic E-state index is 11.2. The Hall–Kier alpha value is -1.27. The zero-order chi connectivity index (χ0) is 16.7. The molecule has 1 aromatic rings. The second-order valence-electron chi connectivity index (χ2n) is 5.38. The number of methoxy groups -OCH3 is 1. The van der Waals surface area contributed by atoms with Crippen LogP contribution in [-0.2, 0) is 11.3 Å². The summed E-state index contributed by atoms with van der Waals surface area (Å²) in [6.07, 6.45) is 0.915. The van der Waals surface area contributed by atoms with Crippen molar-refractivity contribution in [3.8, 4) is 11.5 Å². The molecule has 0 saturated heterocycles. The molecule has 0 spiro atoms. The number of carbonyl (C=O) groups is 1. The van der Waals surface area contributed by atoms with Gasteiger partial charge >= 0.3 is 5.97 Å². The van der Waals surface area contributed by atoms with Gasteiger partial charge in [0.1, 0.15) is 6.04 Å². The van der Waals surface area contributed by atoms with Gasteiger partial charge in [-0.2, -0.15) is 0 Å². The Morgan fingerprint density at radius 3 is 2.55 bits per heavy atom. The predicted octanol–water partition coefficient (Wildman–Crippen LogP) is 3.45. The molecule has 0 aliphatic rings. The van der Waals surface area contributed by atoms with E-state index < -0.39 is 12.0 Å². The molecule has 0 aliphatic carbocycles. The number of ether oxygens (including phenoxy) is 2. The lowest BCUT2D eigenvalue weighted by Gasteiger charge is -2.19. The van der Waals surface area contributed by atoms with E-state index >= 15 is 0 Å². The first-order valence-electron chi connectivity index (χ1n) is 7.36. The van der Waals surface area contributed by atoms with Crippen LogP contribution >= 0.6 is 15.9 Å². The van der Waals surface area contributed by atoms with Gasteiger partial charge < -0.3 is 19.9 Å². The molecule has 1 atom stereocenters. The van der Waals surface area contributed by atoms with Crippen molar-refractivity contribution < 1.29 is 19.4 Å². The quantitative estimate of drug-likeness (QED) is 0.693. The molecule has 0 amide bonds. The van der Waals surface area contributed by atoms with Gasteiger partial charge in [0, 0.05) is 11.0 Å². The highest BCUT2D eigenvalue weighted by molar-refractivity contribution is 9.10. The van der Waals surface area contributed by atoms with Crippen molar-refractivity contribution >= 4 is 21.9 Å². The molecule has 1 unspecified atom stereocenters. The zero-order valence-corrected chi connectivity index (χ0v) is 15.1. The van der Waals surface area contributed by atoms with Gasteiger partial charge in [0.25, 0.3) is 0 Å². The molecule has 0 fully saturated rings. The van der Waals surface area contributed by atoms with Crippen molar-refractivity contribution in [1.29, 1.82) is 0 Å². The lowest BCUT2D eigenvalue weighted by Crippen LogP contribution is -2.40. The van der Waals surface area contributed by atoms with Crippen LogP contribution in [0.2, 0.25) is 0 Å². The Morgan fingerprint density at radius 1 is 1.36 bits per heavy atom. The third-order valence-electron chi connectivity index (χ3n) is 3.24. The summed E-state index contributed by atoms with van der Waals surface area (Å²) in [6.45, 7) is 6.85. The summed E-state index contributed by atoms with van der Waals surface area (Å²) >= 11 is 3.50. The number of rotatable bonds is 9. The molecule has 22 heavy (non-hydrogen) atoms. The Bertz CT molecular complexity index is 505. The van der Waals surface area contributed by atoms with Crippen LogP contribution in [0.1, 0.15) is 32.8 Å². The summed E-state index contributed by atoms with van der Waals surface area (Å²) in [4.78, 5) is 11.2. The van der Waals surface area contributed by atoms with E-state index in [4.69, 9.17) is 9.47 Å². The SMILES string of the molecule is CCCOc1cc(Br)c(CNC(C(=O)O)C(C)C)cc1OC. The Kier molecular flexibility index (Phi) is 7.68. The van der Waals surface area contributed by atoms with Gasteiger partial charge in [-0.15, -0.1) is 0 Å². The first-order chi connectivity index (χ1) is 10.4. The molecule has 0 aromatic heterocycles. The molecular weight excluding hydrogens is 350 g/mol. The van der Waals surface area contributed by atoms with Crippen molar-refractivity contribution in [3.05, 3.63) is 22.2 Å². The molecule has 0 radical (unpaired) electrons. The highest BCUT2D eigenvalue weighted by Gasteiger charge is 2.21. The van der Waals surface area contributed by atoms with E-state index in [0.29, 0.717) is 24.7 Å². The van der Waals surface area contributed by atoms with E-state index in [-0.39, 0.29) is 5.92 Å². The third-order valence-corrected chi connectivity index (χ3v) is 3.98. The van der Waals surface area contributed by atoms with Gasteiger partial charge in [0.05, 0.1) is 13.7 Å². The predicted molar refractivity (Wildman–Crippen MR) is 89.6 cm³/mol. The van der Waals surface area contributed by atoms with Crippen LogP contribution in [0.3, 0.4) is 0 Å². The van der Waals surface area contributed by atoms with Crippen LogP contribution < -0.4 is 14.8 Å². The standard InChI is InChI=1S/C16H24BrNO4/c1-5-6-22-14-8-12(17)11(7-13(14)21-4)9-18-15(10(2)3)16(19)20/h7-8,10,15,18H,5-6,9H2,1-4H3,(H,19,20). The number of carboxylic acids is 1. The minimum Gasteiger partial charge on any atom is -0.493 e. The smallest absolute Gasteiger partial charge is 0.320 e. The van der Waals surface area contributed by atoms with Crippen LogP contribution in [0.4, 0.5) is 0 Å². The lowest BCUT2D eigenvalue weighted by atomic mass is 10.0. The number of halogens is 1. The molecular formula is C16H24BrNO4. The number of aliphatic carboxylic acids is 1. The normalized spacial score (nSPS) is 12.3. The summed E-state index contributed by atoms with van der Waals surface area (Å²) < 4.78 is 11.9. The summed E-state index contributed by atoms with van der Waals surface area (Å²) in [5.74, 6) is 0.481. The van der Waals surface area contributed by atoms with Crippen molar-refractivity contribution in [2.75, 3.05) is 13.7 Å². The molecule has 0 aliphatic heterocycles. The first-order valence-corrected chi connectivity index (χ1v) is 8.15. The van der Waals surface area contributed by atoms with Gasteiger partial charge in [-0.25, -0.2) is 0 Å². The summed E-state index contributed by atoms with van der Waals surface area (Å²) in [6, 6.07) is 3.13. The molecule has 124 valence electrons. The van der Waals surface area contributed by atoms with E-state index in [9.17, 15) is 9.90 Å². The molecule has 0 bridgehead atoms. The minimum absolute atomic E-state index is 0.00494. The molecule has 5 nitrogen and oxygen atoms in total. The molecule has 2 N–H and O–H groups in total. The van der Waals surface area contributed by atoms with Crippen LogP contribution in [0, 0.1) is 5.92 Å². The Labute approximate surface area is 140 Å². The third kappa shape index (κ3) is 5.18. The number of hydrogen-bond donors (Lipinski definition) is 2. The van der Waals surface area contributed by atoms with Crippen LogP contribution in [0.25, 0.3) is 0 Å². The highest BCUT2D eigenvalue weighted by atomic mass is 79.9. The largest absolute Gasteiger partial charge is 0.493 e. The van der Waals surface area contributed by atoms with Gasteiger partial charge in [-0.3, -0.25) is 4.79 Å². The van der Waals surface area contributed by atoms with Gasteiger partial charge in [-0.05, 0) is 30.0 Å². The van der Waals surface area contributed by atoms with E-state index in [1.54, 1.807) is 7.11 Å². The van der Waals surface area contributed by atoms with Crippen molar-refractivity contribution in [2.24, 2.45) is 5.92 Å². The Morgan fingerprint density at radius 2 is 2.05 bits per heavy atom. The Balaban J connectivity index is 2.89. The average Bonchev–Trinajstić information content (AvgIpc) is 2.46. The van der Waals surface area contributed by atoms with Crippen LogP contribution in [0.5, 0.6) is 11.5 Å². The fourth-order valence-corrected chi connectivity index (χ4v) is 2.49. The van der Waals surface area contributed by atoms with E-state index in [2.05, 4.69) is 21.2 Å². The molecule has 1 aromatic carbocycles. The van der Waals surface area contributed by atoms with Crippen molar-refractivity contribution in [2.45, 2.75) is 39.8 Å². The lowest BCUT2D eigenvalue weighted by molar-refractivity contribution is -0.140. The fraction of sp³-hybridized carbons (Fsp3) is 0.562. The number of hydrogen-bond acceptors (Lipinski definition) is 4. The molecule has 6 heteroatoms. The van der Waals surface area contributed by atoms with Gasteiger partial charge in [0.2, 0.25) is 0 Å². The van der Waals surface area contributed by atoms with Gasteiger partial charge in [-0.1, -0.05) is 36.7 Å². The van der Waals surface area contributed by atoms with E-state index in [1.165, 1.54) is 0 Å². The van der Waals surface area contributed by atoms with Crippen molar-refractivity contribution in [3.63, 3.8) is 0 Å². The maximum atomic E-state index is 11.2. The monoisotopic (exact) mass is 373 g/mol. The van der Waals surface area contributed by atoms with E-state index in [1.807, 2.05) is 32.9 Å². The van der Waals surface area contributed by atoms with Gasteiger partial charge in [0.15, 0.2) is 11.5 Å². The van der Waals surface area contributed by atoms with Crippen LogP contribution in [0.15, 0.2) is 16.6 Å². The van der Waals surface area contributed by atoms with Crippen molar-refractivity contribution in [1.82, 2.24) is 5.32 Å². The molecule has 1 rings (SSSR count). The second kappa shape index (κ2) is 9.00. The topological polar surface area (TPSA) is 67.8 Å². The maximum Gasteiger partial charge on any atom is 0.320 e.